The fraction of sp³-hybridized carbons (Fsp3) is 0. The quantitative estimate of drug-likeness (QED) is 0.540. The van der Waals surface area contributed by atoms with Gasteiger partial charge in [-0.25, -0.2) is 0 Å². The Kier molecular flexibility index (Phi) is 2.69. The normalized spacial score (nSPS) is 10.8. The molecule has 1 heterocycles. The molecule has 0 fully saturated rings. The lowest BCUT2D eigenvalue weighted by atomic mass is 9.80. The monoisotopic (exact) mass is 320 g/mol. The first-order valence-corrected chi connectivity index (χ1v) is 5.77. The van der Waals surface area contributed by atoms with E-state index >= 15 is 0 Å². The molecule has 14 heavy (non-hydrogen) atoms. The average molecular weight is 320 g/mol. The van der Waals surface area contributed by atoms with Crippen molar-refractivity contribution in [3.63, 3.8) is 0 Å². The van der Waals surface area contributed by atoms with Crippen molar-refractivity contribution in [2.75, 3.05) is 0 Å². The Bertz CT molecular complexity index is 483. The van der Waals surface area contributed by atoms with E-state index in [1.165, 1.54) is 0 Å². The van der Waals surface area contributed by atoms with Crippen LogP contribution in [0.5, 0.6) is 5.06 Å². The van der Waals surface area contributed by atoms with Gasteiger partial charge >= 0.3 is 7.12 Å². The second-order valence-electron chi connectivity index (χ2n) is 2.81. The van der Waals surface area contributed by atoms with Gasteiger partial charge in [0.25, 0.3) is 0 Å². The summed E-state index contributed by atoms with van der Waals surface area (Å²) < 4.78 is 1.88. The van der Waals surface area contributed by atoms with Gasteiger partial charge < -0.3 is 15.2 Å². The fourth-order valence-electron chi connectivity index (χ4n) is 1.34. The van der Waals surface area contributed by atoms with E-state index in [1.807, 2.05) is 12.1 Å². The Hall–Kier alpha value is -0.305. The molecule has 2 rings (SSSR count). The van der Waals surface area contributed by atoms with Crippen molar-refractivity contribution in [1.82, 2.24) is 0 Å². The fourth-order valence-corrected chi connectivity index (χ4v) is 3.14. The van der Waals surface area contributed by atoms with Crippen LogP contribution in [-0.4, -0.2) is 22.3 Å². The van der Waals surface area contributed by atoms with Crippen LogP contribution in [-0.2, 0) is 0 Å². The molecule has 0 unspecified atom stereocenters. The SMILES string of the molecule is OB(O)c1c(O)sc2c(I)cccc12. The summed E-state index contributed by atoms with van der Waals surface area (Å²) in [5.74, 6) is 0. The third kappa shape index (κ3) is 1.52. The third-order valence-electron chi connectivity index (χ3n) is 1.94. The number of thiophene rings is 1. The van der Waals surface area contributed by atoms with Crippen molar-refractivity contribution >= 4 is 56.6 Å². The molecule has 2 aromatic rings. The van der Waals surface area contributed by atoms with Crippen LogP contribution in [0.3, 0.4) is 0 Å². The van der Waals surface area contributed by atoms with Crippen LogP contribution in [0.15, 0.2) is 18.2 Å². The van der Waals surface area contributed by atoms with E-state index in [0.29, 0.717) is 5.39 Å². The number of halogens is 1. The molecule has 0 aliphatic carbocycles. The Morgan fingerprint density at radius 3 is 2.64 bits per heavy atom. The second-order valence-corrected chi connectivity index (χ2v) is 4.97. The molecule has 0 spiro atoms. The van der Waals surface area contributed by atoms with Crippen molar-refractivity contribution in [2.45, 2.75) is 0 Å². The van der Waals surface area contributed by atoms with Gasteiger partial charge in [-0.2, -0.15) is 0 Å². The van der Waals surface area contributed by atoms with E-state index in [-0.39, 0.29) is 10.5 Å². The van der Waals surface area contributed by atoms with E-state index in [9.17, 15) is 5.11 Å². The van der Waals surface area contributed by atoms with Crippen LogP contribution in [0.25, 0.3) is 10.1 Å². The van der Waals surface area contributed by atoms with Gasteiger partial charge in [0.1, 0.15) is 0 Å². The van der Waals surface area contributed by atoms with E-state index in [2.05, 4.69) is 22.6 Å². The molecule has 0 aliphatic rings. The Labute approximate surface area is 98.3 Å². The van der Waals surface area contributed by atoms with Crippen molar-refractivity contribution in [2.24, 2.45) is 0 Å². The molecule has 0 aliphatic heterocycles. The third-order valence-corrected chi connectivity index (χ3v) is 4.27. The highest BCUT2D eigenvalue weighted by Crippen LogP contribution is 2.31. The lowest BCUT2D eigenvalue weighted by Crippen LogP contribution is -2.29. The van der Waals surface area contributed by atoms with E-state index in [1.54, 1.807) is 6.07 Å². The van der Waals surface area contributed by atoms with Gasteiger partial charge in [0, 0.05) is 9.03 Å². The maximum absolute atomic E-state index is 9.52. The van der Waals surface area contributed by atoms with Crippen LogP contribution in [0, 0.1) is 3.57 Å². The highest BCUT2D eigenvalue weighted by Gasteiger charge is 2.22. The van der Waals surface area contributed by atoms with Crippen molar-refractivity contribution in [3.8, 4) is 5.06 Å². The van der Waals surface area contributed by atoms with Gasteiger partial charge in [-0.3, -0.25) is 0 Å². The summed E-state index contributed by atoms with van der Waals surface area (Å²) in [6.45, 7) is 0. The summed E-state index contributed by atoms with van der Waals surface area (Å²) in [5, 5.41) is 28.4. The van der Waals surface area contributed by atoms with Gasteiger partial charge in [0.15, 0.2) is 5.06 Å². The molecular formula is C8H6BIO3S. The molecule has 0 atom stereocenters. The van der Waals surface area contributed by atoms with Crippen LogP contribution >= 0.6 is 33.9 Å². The van der Waals surface area contributed by atoms with Gasteiger partial charge in [-0.1, -0.05) is 23.5 Å². The summed E-state index contributed by atoms with van der Waals surface area (Å²) in [6.07, 6.45) is 0. The zero-order valence-electron chi connectivity index (χ0n) is 6.94. The van der Waals surface area contributed by atoms with Crippen LogP contribution < -0.4 is 5.46 Å². The van der Waals surface area contributed by atoms with Gasteiger partial charge in [0.2, 0.25) is 0 Å². The standard InChI is InChI=1S/C8H6BIO3S/c10-5-3-1-2-4-6(9(12)13)8(11)14-7(4)5/h1-3,11-13H. The number of rotatable bonds is 1. The summed E-state index contributed by atoms with van der Waals surface area (Å²) >= 11 is 3.31. The zero-order valence-corrected chi connectivity index (χ0v) is 9.91. The highest BCUT2D eigenvalue weighted by atomic mass is 127. The van der Waals surface area contributed by atoms with Crippen LogP contribution in [0.1, 0.15) is 0 Å². The molecule has 0 bridgehead atoms. The minimum absolute atomic E-state index is 0.0286. The Morgan fingerprint density at radius 1 is 1.29 bits per heavy atom. The smallest absolute Gasteiger partial charge is 0.493 e. The summed E-state index contributed by atoms with van der Waals surface area (Å²) in [7, 11) is -1.62. The summed E-state index contributed by atoms with van der Waals surface area (Å²) in [5.41, 5.74) is 0.198. The topological polar surface area (TPSA) is 60.7 Å². The van der Waals surface area contributed by atoms with Crippen molar-refractivity contribution in [3.05, 3.63) is 21.8 Å². The number of fused-ring (bicyclic) bond motifs is 1. The maximum atomic E-state index is 9.52. The predicted molar refractivity (Wildman–Crippen MR) is 66.0 cm³/mol. The van der Waals surface area contributed by atoms with Gasteiger partial charge in [-0.05, 0) is 34.0 Å². The largest absolute Gasteiger partial charge is 0.500 e. The van der Waals surface area contributed by atoms with Crippen molar-refractivity contribution in [1.29, 1.82) is 0 Å². The lowest BCUT2D eigenvalue weighted by molar-refractivity contribution is 0.422. The lowest BCUT2D eigenvalue weighted by Gasteiger charge is -1.97. The molecule has 0 saturated heterocycles. The molecular weight excluding hydrogens is 314 g/mol. The number of aromatic hydroxyl groups is 1. The van der Waals surface area contributed by atoms with Crippen LogP contribution in [0.4, 0.5) is 0 Å². The average Bonchev–Trinajstić information content (AvgIpc) is 2.42. The van der Waals surface area contributed by atoms with Gasteiger partial charge in [-0.15, -0.1) is 0 Å². The summed E-state index contributed by atoms with van der Waals surface area (Å²) in [6, 6.07) is 5.50. The number of benzene rings is 1. The first kappa shape index (κ1) is 10.2. The molecule has 72 valence electrons. The van der Waals surface area contributed by atoms with Crippen LogP contribution in [0.2, 0.25) is 0 Å². The Balaban J connectivity index is 2.83. The first-order valence-electron chi connectivity index (χ1n) is 3.87. The number of hydrogen-bond donors (Lipinski definition) is 3. The number of hydrogen-bond acceptors (Lipinski definition) is 4. The molecule has 3 N–H and O–H groups in total. The molecule has 1 aromatic heterocycles. The van der Waals surface area contributed by atoms with E-state index in [0.717, 1.165) is 19.6 Å². The first-order chi connectivity index (χ1) is 6.61. The molecule has 6 heteroatoms. The van der Waals surface area contributed by atoms with E-state index in [4.69, 9.17) is 10.0 Å². The minimum Gasteiger partial charge on any atom is -0.500 e. The maximum Gasteiger partial charge on any atom is 0.493 e. The zero-order chi connectivity index (χ0) is 10.3. The molecule has 0 saturated carbocycles. The summed E-state index contributed by atoms with van der Waals surface area (Å²) in [4.78, 5) is 0. The molecule has 3 nitrogen and oxygen atoms in total. The molecule has 1 aromatic carbocycles. The van der Waals surface area contributed by atoms with E-state index < -0.39 is 7.12 Å². The second kappa shape index (κ2) is 3.69. The molecule has 0 amide bonds. The van der Waals surface area contributed by atoms with Crippen molar-refractivity contribution < 1.29 is 15.2 Å². The minimum atomic E-state index is -1.62. The van der Waals surface area contributed by atoms with Gasteiger partial charge in [0.05, 0.1) is 4.70 Å². The Morgan fingerprint density at radius 2 is 2.00 bits per heavy atom. The highest BCUT2D eigenvalue weighted by molar-refractivity contribution is 14.1. The predicted octanol–water partition coefficient (Wildman–Crippen LogP) is 0.891. The molecule has 0 radical (unpaired) electrons.